The zero-order valence-electron chi connectivity index (χ0n) is 11.7. The summed E-state index contributed by atoms with van der Waals surface area (Å²) in [4.78, 5) is 2.50. The van der Waals surface area contributed by atoms with Crippen molar-refractivity contribution in [2.75, 3.05) is 19.6 Å². The van der Waals surface area contributed by atoms with Crippen LogP contribution in [-0.4, -0.2) is 39.4 Å². The van der Waals surface area contributed by atoms with Crippen LogP contribution in [0.4, 0.5) is 0 Å². The topological polar surface area (TPSA) is 41.3 Å². The van der Waals surface area contributed by atoms with Gasteiger partial charge in [0, 0.05) is 23.9 Å². The molecule has 1 aromatic heterocycles. The minimum Gasteiger partial charge on any atom is -0.507 e. The Labute approximate surface area is 119 Å². The second-order valence-electron chi connectivity index (χ2n) is 5.41. The smallest absolute Gasteiger partial charge is 0.123 e. The summed E-state index contributed by atoms with van der Waals surface area (Å²) in [7, 11) is 0. The lowest BCUT2D eigenvalue weighted by molar-refractivity contribution is 0.218. The minimum atomic E-state index is 0.308. The van der Waals surface area contributed by atoms with Gasteiger partial charge in [0.15, 0.2) is 0 Å². The molecular formula is C16H21N3O. The van der Waals surface area contributed by atoms with Crippen molar-refractivity contribution >= 4 is 0 Å². The Bertz CT molecular complexity index is 558. The van der Waals surface area contributed by atoms with Gasteiger partial charge in [-0.25, -0.2) is 0 Å². The first-order valence-electron chi connectivity index (χ1n) is 7.36. The molecule has 4 heteroatoms. The highest BCUT2D eigenvalue weighted by atomic mass is 16.3. The molecule has 1 aromatic carbocycles. The molecule has 0 bridgehead atoms. The molecule has 0 unspecified atom stereocenters. The lowest BCUT2D eigenvalue weighted by atomic mass is 10.1. The summed E-state index contributed by atoms with van der Waals surface area (Å²) in [5.41, 5.74) is 1.82. The van der Waals surface area contributed by atoms with E-state index in [0.29, 0.717) is 5.75 Å². The van der Waals surface area contributed by atoms with Crippen molar-refractivity contribution in [2.24, 2.45) is 0 Å². The van der Waals surface area contributed by atoms with Gasteiger partial charge in [-0.1, -0.05) is 24.6 Å². The van der Waals surface area contributed by atoms with E-state index in [1.54, 1.807) is 6.07 Å². The SMILES string of the molecule is Oc1ccccc1-c1cnn(CCN2CCCCC2)c1. The van der Waals surface area contributed by atoms with Crippen LogP contribution in [0.1, 0.15) is 19.3 Å². The number of likely N-dealkylation sites (tertiary alicyclic amines) is 1. The van der Waals surface area contributed by atoms with Crippen LogP contribution < -0.4 is 0 Å². The number of aromatic nitrogens is 2. The lowest BCUT2D eigenvalue weighted by Gasteiger charge is -2.26. The molecule has 2 heterocycles. The Morgan fingerprint density at radius 1 is 1.05 bits per heavy atom. The van der Waals surface area contributed by atoms with Crippen LogP contribution in [0.5, 0.6) is 5.75 Å². The monoisotopic (exact) mass is 271 g/mol. The number of phenolic OH excluding ortho intramolecular Hbond substituents is 1. The van der Waals surface area contributed by atoms with Gasteiger partial charge in [-0.05, 0) is 32.0 Å². The molecule has 1 aliphatic heterocycles. The highest BCUT2D eigenvalue weighted by Gasteiger charge is 2.10. The predicted octanol–water partition coefficient (Wildman–Crippen LogP) is 2.74. The fraction of sp³-hybridized carbons (Fsp3) is 0.438. The summed E-state index contributed by atoms with van der Waals surface area (Å²) in [5, 5.41) is 14.3. The molecule has 0 atom stereocenters. The molecule has 4 nitrogen and oxygen atoms in total. The van der Waals surface area contributed by atoms with Crippen LogP contribution in [0.2, 0.25) is 0 Å². The summed E-state index contributed by atoms with van der Waals surface area (Å²) < 4.78 is 1.97. The fourth-order valence-electron chi connectivity index (χ4n) is 2.77. The Morgan fingerprint density at radius 3 is 2.65 bits per heavy atom. The molecule has 3 rings (SSSR count). The van der Waals surface area contributed by atoms with Crippen LogP contribution >= 0.6 is 0 Å². The Kier molecular flexibility index (Phi) is 4.02. The number of hydrogen-bond acceptors (Lipinski definition) is 3. The van der Waals surface area contributed by atoms with Crippen LogP contribution in [0.15, 0.2) is 36.7 Å². The van der Waals surface area contributed by atoms with Gasteiger partial charge in [0.1, 0.15) is 5.75 Å². The first kappa shape index (κ1) is 13.2. The molecule has 2 aromatic rings. The zero-order chi connectivity index (χ0) is 13.8. The number of rotatable bonds is 4. The molecule has 0 radical (unpaired) electrons. The van der Waals surface area contributed by atoms with Gasteiger partial charge >= 0.3 is 0 Å². The molecule has 0 amide bonds. The van der Waals surface area contributed by atoms with E-state index in [2.05, 4.69) is 10.00 Å². The van der Waals surface area contributed by atoms with Gasteiger partial charge < -0.3 is 10.0 Å². The van der Waals surface area contributed by atoms with E-state index < -0.39 is 0 Å². The number of hydrogen-bond donors (Lipinski definition) is 1. The van der Waals surface area contributed by atoms with Crippen LogP contribution in [-0.2, 0) is 6.54 Å². The quantitative estimate of drug-likeness (QED) is 0.929. The summed E-state index contributed by atoms with van der Waals surface area (Å²) >= 11 is 0. The number of phenols is 1. The Hall–Kier alpha value is -1.81. The van der Waals surface area contributed by atoms with Gasteiger partial charge in [-0.2, -0.15) is 5.10 Å². The van der Waals surface area contributed by atoms with E-state index >= 15 is 0 Å². The van der Waals surface area contributed by atoms with Crippen LogP contribution in [0, 0.1) is 0 Å². The Morgan fingerprint density at radius 2 is 1.85 bits per heavy atom. The standard InChI is InChI=1S/C16H21N3O/c20-16-7-3-2-6-15(16)14-12-17-19(13-14)11-10-18-8-4-1-5-9-18/h2-3,6-7,12-13,20H,1,4-5,8-11H2. The van der Waals surface area contributed by atoms with Crippen molar-refractivity contribution in [3.8, 4) is 16.9 Å². The number of para-hydroxylation sites is 1. The van der Waals surface area contributed by atoms with Crippen LogP contribution in [0.25, 0.3) is 11.1 Å². The van der Waals surface area contributed by atoms with E-state index in [9.17, 15) is 5.11 Å². The largest absolute Gasteiger partial charge is 0.507 e. The van der Waals surface area contributed by atoms with E-state index in [4.69, 9.17) is 0 Å². The highest BCUT2D eigenvalue weighted by Crippen LogP contribution is 2.27. The van der Waals surface area contributed by atoms with Crippen LogP contribution in [0.3, 0.4) is 0 Å². The molecule has 0 aliphatic carbocycles. The van der Waals surface area contributed by atoms with Crippen molar-refractivity contribution < 1.29 is 5.11 Å². The van der Waals surface area contributed by atoms with E-state index in [1.807, 2.05) is 35.3 Å². The summed E-state index contributed by atoms with van der Waals surface area (Å²) in [5.74, 6) is 0.308. The maximum atomic E-state index is 9.86. The van der Waals surface area contributed by atoms with Gasteiger partial charge in [0.25, 0.3) is 0 Å². The molecule has 1 saturated heterocycles. The number of piperidine rings is 1. The van der Waals surface area contributed by atoms with E-state index in [0.717, 1.165) is 24.2 Å². The summed E-state index contributed by atoms with van der Waals surface area (Å²) in [6.45, 7) is 4.40. The maximum Gasteiger partial charge on any atom is 0.123 e. The molecule has 0 saturated carbocycles. The predicted molar refractivity (Wildman–Crippen MR) is 79.6 cm³/mol. The molecular weight excluding hydrogens is 250 g/mol. The van der Waals surface area contributed by atoms with Crippen molar-refractivity contribution in [3.05, 3.63) is 36.7 Å². The maximum absolute atomic E-state index is 9.86. The molecule has 1 aliphatic rings. The minimum absolute atomic E-state index is 0.308. The number of aromatic hydroxyl groups is 1. The van der Waals surface area contributed by atoms with E-state index in [-0.39, 0.29) is 0 Å². The second-order valence-corrected chi connectivity index (χ2v) is 5.41. The number of benzene rings is 1. The first-order chi connectivity index (χ1) is 9.83. The Balaban J connectivity index is 1.63. The first-order valence-corrected chi connectivity index (χ1v) is 7.36. The third kappa shape index (κ3) is 3.02. The normalized spacial score (nSPS) is 16.4. The van der Waals surface area contributed by atoms with Gasteiger partial charge in [0.2, 0.25) is 0 Å². The average Bonchev–Trinajstić information content (AvgIpc) is 2.95. The summed E-state index contributed by atoms with van der Waals surface area (Å²) in [6, 6.07) is 7.39. The average molecular weight is 271 g/mol. The zero-order valence-corrected chi connectivity index (χ0v) is 11.7. The highest BCUT2D eigenvalue weighted by molar-refractivity contribution is 5.68. The summed E-state index contributed by atoms with van der Waals surface area (Å²) in [6.07, 6.45) is 7.85. The van der Waals surface area contributed by atoms with Crippen molar-refractivity contribution in [3.63, 3.8) is 0 Å². The van der Waals surface area contributed by atoms with Crippen molar-refractivity contribution in [1.82, 2.24) is 14.7 Å². The van der Waals surface area contributed by atoms with Crippen molar-refractivity contribution in [1.29, 1.82) is 0 Å². The molecule has 1 N–H and O–H groups in total. The van der Waals surface area contributed by atoms with E-state index in [1.165, 1.54) is 32.4 Å². The third-order valence-electron chi connectivity index (χ3n) is 3.94. The van der Waals surface area contributed by atoms with Crippen molar-refractivity contribution in [2.45, 2.75) is 25.8 Å². The third-order valence-corrected chi connectivity index (χ3v) is 3.94. The van der Waals surface area contributed by atoms with Gasteiger partial charge in [0.05, 0.1) is 12.7 Å². The lowest BCUT2D eigenvalue weighted by Crippen LogP contribution is -2.32. The number of nitrogens with zero attached hydrogens (tertiary/aromatic N) is 3. The molecule has 106 valence electrons. The van der Waals surface area contributed by atoms with Gasteiger partial charge in [-0.3, -0.25) is 4.68 Å². The second kappa shape index (κ2) is 6.09. The molecule has 1 fully saturated rings. The van der Waals surface area contributed by atoms with Gasteiger partial charge in [-0.15, -0.1) is 0 Å². The molecule has 20 heavy (non-hydrogen) atoms. The molecule has 0 spiro atoms. The fourth-order valence-corrected chi connectivity index (χ4v) is 2.77.